The van der Waals surface area contributed by atoms with Gasteiger partial charge in [-0.05, 0) is 141 Å². The zero-order valence-corrected chi connectivity index (χ0v) is 37.7. The van der Waals surface area contributed by atoms with Crippen molar-refractivity contribution in [3.8, 4) is 0 Å². The number of piperazine rings is 1. The van der Waals surface area contributed by atoms with E-state index in [1.807, 2.05) is 12.1 Å². The number of carbonyl (C=O) groups is 3. The minimum absolute atomic E-state index is 0.121. The molecule has 4 aromatic carbocycles. The number of fused-ring (bicyclic) bond motifs is 1. The van der Waals surface area contributed by atoms with Crippen molar-refractivity contribution in [2.45, 2.75) is 96.9 Å². The number of allylic oxidation sites excluding steroid dienone is 1. The number of hydrogen-bond acceptors (Lipinski definition) is 8. The van der Waals surface area contributed by atoms with Crippen LogP contribution in [0.4, 0.5) is 11.4 Å². The van der Waals surface area contributed by atoms with Crippen LogP contribution in [-0.4, -0.2) is 97.7 Å². The quantitative estimate of drug-likeness (QED) is 0.0941. The fraction of sp³-hybridized carbons (Fsp3) is 0.442. The smallest absolute Gasteiger partial charge is 0.399 e. The largest absolute Gasteiger partial charge is 0.494 e. The van der Waals surface area contributed by atoms with Gasteiger partial charge in [0.2, 0.25) is 11.8 Å². The van der Waals surface area contributed by atoms with Gasteiger partial charge in [0.1, 0.15) is 6.04 Å². The van der Waals surface area contributed by atoms with Gasteiger partial charge in [0.15, 0.2) is 0 Å². The van der Waals surface area contributed by atoms with E-state index in [1.54, 1.807) is 4.90 Å². The number of rotatable bonds is 11. The summed E-state index contributed by atoms with van der Waals surface area (Å²) in [5.41, 5.74) is 10.6. The predicted molar refractivity (Wildman–Crippen MR) is 252 cm³/mol. The molecule has 1 N–H and O–H groups in total. The van der Waals surface area contributed by atoms with Crippen molar-refractivity contribution >= 4 is 52.8 Å². The second-order valence-electron chi connectivity index (χ2n) is 19.1. The fourth-order valence-corrected chi connectivity index (χ4v) is 10.1. The first-order valence-corrected chi connectivity index (χ1v) is 23.2. The average molecular weight is 848 g/mol. The molecule has 63 heavy (non-hydrogen) atoms. The van der Waals surface area contributed by atoms with E-state index >= 15 is 0 Å². The molecule has 10 nitrogen and oxygen atoms in total. The molecule has 4 aromatic rings. The molecule has 328 valence electrons. The molecule has 4 fully saturated rings. The maximum Gasteiger partial charge on any atom is 0.494 e. The van der Waals surface area contributed by atoms with E-state index in [1.165, 1.54) is 52.8 Å². The molecule has 0 spiro atoms. The lowest BCUT2D eigenvalue weighted by molar-refractivity contribution is -0.136. The number of hydrogen-bond donors (Lipinski definition) is 1. The van der Waals surface area contributed by atoms with Crippen LogP contribution in [-0.2, 0) is 25.4 Å². The van der Waals surface area contributed by atoms with Crippen LogP contribution in [0, 0.1) is 5.92 Å². The highest BCUT2D eigenvalue weighted by Crippen LogP contribution is 2.39. The van der Waals surface area contributed by atoms with Crippen molar-refractivity contribution in [2.24, 2.45) is 5.92 Å². The summed E-state index contributed by atoms with van der Waals surface area (Å²) in [7, 11) is -0.391. The Hall–Kier alpha value is -5.23. The maximum atomic E-state index is 13.2. The zero-order valence-electron chi connectivity index (χ0n) is 37.7. The van der Waals surface area contributed by atoms with Crippen molar-refractivity contribution in [3.05, 3.63) is 125 Å². The van der Waals surface area contributed by atoms with Crippen molar-refractivity contribution in [2.75, 3.05) is 55.6 Å². The number of anilines is 2. The van der Waals surface area contributed by atoms with Gasteiger partial charge < -0.3 is 24.0 Å². The van der Waals surface area contributed by atoms with Gasteiger partial charge in [0.25, 0.3) is 5.91 Å². The molecule has 0 aromatic heterocycles. The van der Waals surface area contributed by atoms with Crippen LogP contribution in [0.1, 0.15) is 106 Å². The van der Waals surface area contributed by atoms with Crippen LogP contribution in [0.5, 0.6) is 0 Å². The third-order valence-corrected chi connectivity index (χ3v) is 14.7. The highest BCUT2D eigenvalue weighted by molar-refractivity contribution is 6.62. The van der Waals surface area contributed by atoms with Gasteiger partial charge in [-0.15, -0.1) is 0 Å². The Morgan fingerprint density at radius 3 is 1.97 bits per heavy atom. The standard InChI is InChI=1S/C52H62BN5O5/c1-6-44(37-10-8-7-9-11-37)48(38-12-16-41(17-13-38)53-62-51(2,3)52(4,5)63-53)39-14-18-42(19-15-39)56-28-25-36(26-29-56)24-27-55-30-32-57(33-31-55)43-20-21-45-40(34-43)35-58(50(45)61)46-22-23-47(59)54-49(46)60/h7-21,34,36,46H,6,22-33,35H2,1-5H3,(H,54,59,60)/b48-44+. The molecule has 5 aliphatic rings. The third kappa shape index (κ3) is 8.85. The van der Waals surface area contributed by atoms with E-state index in [4.69, 9.17) is 9.31 Å². The Kier molecular flexibility index (Phi) is 12.1. The van der Waals surface area contributed by atoms with E-state index in [9.17, 15) is 14.4 Å². The van der Waals surface area contributed by atoms with Crippen LogP contribution in [0.2, 0.25) is 0 Å². The van der Waals surface area contributed by atoms with Crippen LogP contribution >= 0.6 is 0 Å². The van der Waals surface area contributed by atoms with Gasteiger partial charge in [-0.2, -0.15) is 0 Å². The normalized spacial score (nSPS) is 22.0. The first kappa shape index (κ1) is 43.0. The Labute approximate surface area is 373 Å². The number of amides is 3. The van der Waals surface area contributed by atoms with Crippen LogP contribution in [0.25, 0.3) is 11.1 Å². The van der Waals surface area contributed by atoms with E-state index < -0.39 is 13.2 Å². The molecule has 9 rings (SSSR count). The van der Waals surface area contributed by atoms with Gasteiger partial charge in [0, 0.05) is 69.2 Å². The fourth-order valence-electron chi connectivity index (χ4n) is 10.1. The van der Waals surface area contributed by atoms with Crippen molar-refractivity contribution < 1.29 is 23.7 Å². The summed E-state index contributed by atoms with van der Waals surface area (Å²) in [6.45, 7) is 18.3. The average Bonchev–Trinajstić information content (AvgIpc) is 3.74. The van der Waals surface area contributed by atoms with Gasteiger partial charge in [-0.1, -0.05) is 73.7 Å². The molecule has 3 amide bonds. The number of nitrogens with zero attached hydrogens (tertiary/aromatic N) is 4. The number of benzene rings is 4. The molecule has 0 saturated carbocycles. The van der Waals surface area contributed by atoms with Gasteiger partial charge >= 0.3 is 7.12 Å². The van der Waals surface area contributed by atoms with E-state index in [0.717, 1.165) is 74.9 Å². The van der Waals surface area contributed by atoms with Crippen molar-refractivity contribution in [1.29, 1.82) is 0 Å². The third-order valence-electron chi connectivity index (χ3n) is 14.7. The Balaban J connectivity index is 0.784. The molecular weight excluding hydrogens is 785 g/mol. The lowest BCUT2D eigenvalue weighted by Gasteiger charge is -2.38. The summed E-state index contributed by atoms with van der Waals surface area (Å²) in [4.78, 5) is 46.6. The second kappa shape index (κ2) is 17.7. The number of imide groups is 1. The van der Waals surface area contributed by atoms with Gasteiger partial charge in [-0.3, -0.25) is 24.6 Å². The van der Waals surface area contributed by atoms with Crippen LogP contribution < -0.4 is 20.6 Å². The van der Waals surface area contributed by atoms with E-state index in [-0.39, 0.29) is 35.3 Å². The summed E-state index contributed by atoms with van der Waals surface area (Å²) in [6, 6.07) is 34.3. The Morgan fingerprint density at radius 1 is 0.714 bits per heavy atom. The molecule has 5 heterocycles. The second-order valence-corrected chi connectivity index (χ2v) is 19.1. The molecule has 1 atom stereocenters. The minimum atomic E-state index is -0.588. The van der Waals surface area contributed by atoms with E-state index in [0.29, 0.717) is 18.5 Å². The maximum absolute atomic E-state index is 13.2. The van der Waals surface area contributed by atoms with Gasteiger partial charge in [-0.25, -0.2) is 0 Å². The van der Waals surface area contributed by atoms with E-state index in [2.05, 4.69) is 140 Å². The Bertz CT molecular complexity index is 2330. The highest BCUT2D eigenvalue weighted by atomic mass is 16.7. The SMILES string of the molecule is CC/C(=C(/c1ccc(B2OC(C)(C)C(C)(C)O2)cc1)c1ccc(N2CCC(CCN3CCN(c4ccc5c(c4)CN(C4CCC(=O)NC4=O)C5=O)CC3)CC2)cc1)c1ccccc1. The summed E-state index contributed by atoms with van der Waals surface area (Å²) in [5, 5.41) is 2.39. The minimum Gasteiger partial charge on any atom is -0.399 e. The topological polar surface area (TPSA) is 94.7 Å². The number of carbonyl (C=O) groups excluding carboxylic acids is 3. The molecule has 0 bridgehead atoms. The van der Waals surface area contributed by atoms with Crippen LogP contribution in [0.15, 0.2) is 97.1 Å². The molecule has 5 aliphatic heterocycles. The predicted octanol–water partition coefficient (Wildman–Crippen LogP) is 7.54. The summed E-state index contributed by atoms with van der Waals surface area (Å²) >= 11 is 0. The molecule has 0 radical (unpaired) electrons. The number of nitrogens with one attached hydrogen (secondary N) is 1. The molecule has 11 heteroatoms. The van der Waals surface area contributed by atoms with Crippen molar-refractivity contribution in [1.82, 2.24) is 15.1 Å². The first-order valence-electron chi connectivity index (χ1n) is 23.2. The zero-order chi connectivity index (χ0) is 43.9. The first-order chi connectivity index (χ1) is 30.4. The summed E-state index contributed by atoms with van der Waals surface area (Å²) in [5.74, 6) is -0.0280. The highest BCUT2D eigenvalue weighted by Gasteiger charge is 2.51. The lowest BCUT2D eigenvalue weighted by atomic mass is 9.78. The lowest BCUT2D eigenvalue weighted by Crippen LogP contribution is -2.52. The summed E-state index contributed by atoms with van der Waals surface area (Å²) in [6.07, 6.45) is 5.20. The molecule has 4 saturated heterocycles. The van der Waals surface area contributed by atoms with Crippen LogP contribution in [0.3, 0.4) is 0 Å². The van der Waals surface area contributed by atoms with Crippen molar-refractivity contribution in [3.63, 3.8) is 0 Å². The number of piperidine rings is 2. The van der Waals surface area contributed by atoms with Gasteiger partial charge in [0.05, 0.1) is 11.2 Å². The Morgan fingerprint density at radius 2 is 1.33 bits per heavy atom. The molecular formula is C52H62BN5O5. The monoisotopic (exact) mass is 847 g/mol. The molecule has 1 unspecified atom stereocenters. The molecule has 0 aliphatic carbocycles. The summed E-state index contributed by atoms with van der Waals surface area (Å²) < 4.78 is 12.8.